The van der Waals surface area contributed by atoms with E-state index in [2.05, 4.69) is 39.2 Å². The van der Waals surface area contributed by atoms with E-state index in [0.29, 0.717) is 6.54 Å². The van der Waals surface area contributed by atoms with Crippen molar-refractivity contribution in [3.05, 3.63) is 64.1 Å². The summed E-state index contributed by atoms with van der Waals surface area (Å²) in [6, 6.07) is 9.73. The van der Waals surface area contributed by atoms with Gasteiger partial charge in [0.25, 0.3) is 0 Å². The highest BCUT2D eigenvalue weighted by atomic mass is 79.9. The van der Waals surface area contributed by atoms with Crippen LogP contribution < -0.4 is 5.32 Å². The lowest BCUT2D eigenvalue weighted by molar-refractivity contribution is 0.565. The predicted molar refractivity (Wildman–Crippen MR) is 73.6 cm³/mol. The molecule has 1 heterocycles. The van der Waals surface area contributed by atoms with Gasteiger partial charge < -0.3 is 5.32 Å². The summed E-state index contributed by atoms with van der Waals surface area (Å²) in [4.78, 5) is 3.83. The average Bonchev–Trinajstić information content (AvgIpc) is 2.37. The molecule has 0 fully saturated rings. The second kappa shape index (κ2) is 6.07. The van der Waals surface area contributed by atoms with Crippen molar-refractivity contribution in [2.75, 3.05) is 0 Å². The van der Waals surface area contributed by atoms with Crippen molar-refractivity contribution >= 4 is 15.9 Å². The summed E-state index contributed by atoms with van der Waals surface area (Å²) in [5.41, 5.74) is 2.02. The van der Waals surface area contributed by atoms with Crippen molar-refractivity contribution < 1.29 is 4.39 Å². The number of pyridine rings is 1. The molecule has 0 saturated carbocycles. The SMILES string of the molecule is C[C@H](NCc1cncc(F)c1)c1ccccc1Br. The lowest BCUT2D eigenvalue weighted by atomic mass is 10.1. The van der Waals surface area contributed by atoms with Crippen LogP contribution in [0.1, 0.15) is 24.1 Å². The van der Waals surface area contributed by atoms with E-state index in [0.717, 1.165) is 10.0 Å². The first-order valence-corrected chi connectivity index (χ1v) is 6.53. The predicted octanol–water partition coefficient (Wildman–Crippen LogP) is 3.83. The average molecular weight is 309 g/mol. The molecule has 1 atom stereocenters. The Balaban J connectivity index is 2.00. The fourth-order valence-corrected chi connectivity index (χ4v) is 2.39. The smallest absolute Gasteiger partial charge is 0.141 e. The topological polar surface area (TPSA) is 24.9 Å². The quantitative estimate of drug-likeness (QED) is 0.928. The number of rotatable bonds is 4. The molecule has 0 unspecified atom stereocenters. The van der Waals surface area contributed by atoms with Crippen LogP contribution in [0.25, 0.3) is 0 Å². The van der Waals surface area contributed by atoms with Gasteiger partial charge in [-0.15, -0.1) is 0 Å². The van der Waals surface area contributed by atoms with Crippen LogP contribution in [-0.4, -0.2) is 4.98 Å². The minimum Gasteiger partial charge on any atom is -0.306 e. The van der Waals surface area contributed by atoms with Gasteiger partial charge in [-0.05, 0) is 30.2 Å². The van der Waals surface area contributed by atoms with Crippen molar-refractivity contribution in [1.82, 2.24) is 10.3 Å². The molecular weight excluding hydrogens is 295 g/mol. The third-order valence-corrected chi connectivity index (χ3v) is 3.47. The van der Waals surface area contributed by atoms with E-state index in [1.807, 2.05) is 18.2 Å². The van der Waals surface area contributed by atoms with Gasteiger partial charge >= 0.3 is 0 Å². The lowest BCUT2D eigenvalue weighted by Crippen LogP contribution is -2.18. The summed E-state index contributed by atoms with van der Waals surface area (Å²) >= 11 is 3.52. The van der Waals surface area contributed by atoms with Gasteiger partial charge in [-0.2, -0.15) is 0 Å². The first-order valence-electron chi connectivity index (χ1n) is 5.74. The number of hydrogen-bond acceptors (Lipinski definition) is 2. The Morgan fingerprint density at radius 2 is 2.11 bits per heavy atom. The Labute approximate surface area is 114 Å². The normalized spacial score (nSPS) is 12.4. The van der Waals surface area contributed by atoms with Gasteiger partial charge in [0.15, 0.2) is 0 Å². The molecule has 0 amide bonds. The Hall–Kier alpha value is -1.26. The maximum atomic E-state index is 13.0. The highest BCUT2D eigenvalue weighted by molar-refractivity contribution is 9.10. The minimum absolute atomic E-state index is 0.184. The molecule has 1 N–H and O–H groups in total. The van der Waals surface area contributed by atoms with Crippen molar-refractivity contribution in [2.45, 2.75) is 19.5 Å². The molecular formula is C14H14BrFN2. The van der Waals surface area contributed by atoms with Crippen molar-refractivity contribution in [2.24, 2.45) is 0 Å². The van der Waals surface area contributed by atoms with E-state index in [1.165, 1.54) is 17.8 Å². The molecule has 94 valence electrons. The van der Waals surface area contributed by atoms with Crippen LogP contribution in [0.15, 0.2) is 47.2 Å². The molecule has 0 radical (unpaired) electrons. The van der Waals surface area contributed by atoms with E-state index in [9.17, 15) is 4.39 Å². The molecule has 1 aromatic heterocycles. The molecule has 1 aromatic carbocycles. The van der Waals surface area contributed by atoms with Crippen LogP contribution in [0.2, 0.25) is 0 Å². The first-order chi connectivity index (χ1) is 8.66. The zero-order valence-corrected chi connectivity index (χ0v) is 11.6. The maximum absolute atomic E-state index is 13.0. The molecule has 2 aromatic rings. The molecule has 18 heavy (non-hydrogen) atoms. The second-order valence-corrected chi connectivity index (χ2v) is 4.99. The van der Waals surface area contributed by atoms with E-state index in [1.54, 1.807) is 6.20 Å². The summed E-state index contributed by atoms with van der Waals surface area (Å²) in [6.07, 6.45) is 2.88. The molecule has 0 bridgehead atoms. The van der Waals surface area contributed by atoms with Gasteiger partial charge in [-0.25, -0.2) is 4.39 Å². The van der Waals surface area contributed by atoms with Crippen LogP contribution >= 0.6 is 15.9 Å². The standard InChI is InChI=1S/C14H14BrFN2/c1-10(13-4-2-3-5-14(13)15)18-8-11-6-12(16)9-17-7-11/h2-7,9-10,18H,8H2,1H3/t10-/m0/s1. The zero-order valence-electron chi connectivity index (χ0n) is 10.0. The molecule has 0 spiro atoms. The van der Waals surface area contributed by atoms with Crippen molar-refractivity contribution in [1.29, 1.82) is 0 Å². The Kier molecular flexibility index (Phi) is 4.44. The Morgan fingerprint density at radius 3 is 2.83 bits per heavy atom. The number of aromatic nitrogens is 1. The van der Waals surface area contributed by atoms with Gasteiger partial charge in [-0.3, -0.25) is 4.98 Å². The van der Waals surface area contributed by atoms with E-state index >= 15 is 0 Å². The molecule has 2 nitrogen and oxygen atoms in total. The first kappa shape index (κ1) is 13.2. The molecule has 0 aliphatic rings. The van der Waals surface area contributed by atoms with E-state index in [4.69, 9.17) is 0 Å². The summed E-state index contributed by atoms with van der Waals surface area (Å²) in [6.45, 7) is 2.67. The van der Waals surface area contributed by atoms with E-state index < -0.39 is 0 Å². The second-order valence-electron chi connectivity index (χ2n) is 4.14. The number of benzene rings is 1. The zero-order chi connectivity index (χ0) is 13.0. The van der Waals surface area contributed by atoms with Gasteiger partial charge in [0.1, 0.15) is 5.82 Å². The third-order valence-electron chi connectivity index (χ3n) is 2.75. The van der Waals surface area contributed by atoms with E-state index in [-0.39, 0.29) is 11.9 Å². The fraction of sp³-hybridized carbons (Fsp3) is 0.214. The fourth-order valence-electron chi connectivity index (χ4n) is 1.76. The molecule has 0 aliphatic heterocycles. The Morgan fingerprint density at radius 1 is 1.33 bits per heavy atom. The van der Waals surface area contributed by atoms with Crippen LogP contribution in [0.3, 0.4) is 0 Å². The lowest BCUT2D eigenvalue weighted by Gasteiger charge is -2.15. The summed E-state index contributed by atoms with van der Waals surface area (Å²) in [5, 5.41) is 3.35. The minimum atomic E-state index is -0.303. The van der Waals surface area contributed by atoms with Gasteiger partial charge in [-0.1, -0.05) is 34.1 Å². The van der Waals surface area contributed by atoms with Gasteiger partial charge in [0.2, 0.25) is 0 Å². The maximum Gasteiger partial charge on any atom is 0.141 e. The number of nitrogens with one attached hydrogen (secondary N) is 1. The highest BCUT2D eigenvalue weighted by Gasteiger charge is 2.08. The molecule has 2 rings (SSSR count). The molecule has 0 saturated heterocycles. The third kappa shape index (κ3) is 3.37. The van der Waals surface area contributed by atoms with Gasteiger partial charge in [0.05, 0.1) is 6.20 Å². The van der Waals surface area contributed by atoms with Crippen LogP contribution in [0.5, 0.6) is 0 Å². The number of nitrogens with zero attached hydrogens (tertiary/aromatic N) is 1. The van der Waals surface area contributed by atoms with Gasteiger partial charge in [0, 0.05) is 23.3 Å². The highest BCUT2D eigenvalue weighted by Crippen LogP contribution is 2.22. The number of halogens is 2. The molecule has 0 aliphatic carbocycles. The largest absolute Gasteiger partial charge is 0.306 e. The van der Waals surface area contributed by atoms with Crippen molar-refractivity contribution in [3.63, 3.8) is 0 Å². The van der Waals surface area contributed by atoms with Crippen LogP contribution in [-0.2, 0) is 6.54 Å². The summed E-state index contributed by atoms with van der Waals surface area (Å²) in [5.74, 6) is -0.303. The summed E-state index contributed by atoms with van der Waals surface area (Å²) < 4.78 is 14.1. The molecule has 4 heteroatoms. The monoisotopic (exact) mass is 308 g/mol. The number of hydrogen-bond donors (Lipinski definition) is 1. The van der Waals surface area contributed by atoms with Crippen LogP contribution in [0, 0.1) is 5.82 Å². The summed E-state index contributed by atoms with van der Waals surface area (Å²) in [7, 11) is 0. The van der Waals surface area contributed by atoms with Crippen LogP contribution in [0.4, 0.5) is 4.39 Å². The Bertz CT molecular complexity index is 531. The van der Waals surface area contributed by atoms with Crippen molar-refractivity contribution in [3.8, 4) is 0 Å².